The van der Waals surface area contributed by atoms with Gasteiger partial charge in [0.1, 0.15) is 0 Å². The Labute approximate surface area is 258 Å². The monoisotopic (exact) mass is 572 g/mol. The lowest BCUT2D eigenvalue weighted by atomic mass is 9.73. The van der Waals surface area contributed by atoms with Crippen molar-refractivity contribution in [2.45, 2.75) is 156 Å². The van der Waals surface area contributed by atoms with Gasteiger partial charge in [-0.15, -0.1) is 0 Å². The van der Waals surface area contributed by atoms with Crippen LogP contribution in [0.5, 0.6) is 0 Å². The second-order valence-corrected chi connectivity index (χ2v) is 18.0. The molecule has 5 rings (SSSR count). The summed E-state index contributed by atoms with van der Waals surface area (Å²) in [4.78, 5) is 15.1. The van der Waals surface area contributed by atoms with E-state index in [1.807, 2.05) is 18.5 Å². The first-order chi connectivity index (χ1) is 19.4. The third-order valence-electron chi connectivity index (χ3n) is 11.2. The third kappa shape index (κ3) is 6.36. The van der Waals surface area contributed by atoms with Gasteiger partial charge in [-0.05, 0) is 132 Å². The summed E-state index contributed by atoms with van der Waals surface area (Å²) in [6, 6.07) is 13.3. The summed E-state index contributed by atoms with van der Waals surface area (Å²) in [5.74, 6) is 0.652. The molecule has 0 spiro atoms. The summed E-state index contributed by atoms with van der Waals surface area (Å²) in [6.45, 7) is 27.2. The van der Waals surface area contributed by atoms with Crippen LogP contribution in [0.25, 0.3) is 0 Å². The minimum absolute atomic E-state index is 0.135. The lowest BCUT2D eigenvalue weighted by molar-refractivity contribution is -0.00125. The largest absolute Gasteiger partial charge is 0.292 e. The van der Waals surface area contributed by atoms with Crippen LogP contribution in [0.4, 0.5) is 0 Å². The van der Waals surface area contributed by atoms with E-state index in [0.717, 1.165) is 12.8 Å². The van der Waals surface area contributed by atoms with Gasteiger partial charge in [-0.2, -0.15) is 0 Å². The van der Waals surface area contributed by atoms with Crippen molar-refractivity contribution in [3.63, 3.8) is 0 Å². The van der Waals surface area contributed by atoms with E-state index in [4.69, 9.17) is 4.98 Å². The molecule has 1 aliphatic carbocycles. The topological polar surface area (TPSA) is 32.3 Å². The molecule has 2 aliphatic heterocycles. The minimum atomic E-state index is 0.135. The number of aromatic nitrogens is 2. The van der Waals surface area contributed by atoms with E-state index in [1.54, 1.807) is 0 Å². The van der Waals surface area contributed by atoms with Crippen molar-refractivity contribution in [3.8, 4) is 0 Å². The van der Waals surface area contributed by atoms with Gasteiger partial charge in [-0.25, -0.2) is 0 Å². The number of likely N-dealkylation sites (tertiary alicyclic amines) is 2. The van der Waals surface area contributed by atoms with Crippen LogP contribution < -0.4 is 0 Å². The highest BCUT2D eigenvalue weighted by Gasteiger charge is 2.68. The van der Waals surface area contributed by atoms with Crippen LogP contribution in [0.3, 0.4) is 0 Å². The molecule has 3 aliphatic rings. The molecule has 4 nitrogen and oxygen atoms in total. The molecule has 1 saturated carbocycles. The quantitative estimate of drug-likeness (QED) is 0.317. The maximum Gasteiger partial charge on any atom is 0.0409 e. The molecule has 6 atom stereocenters. The standard InChI is InChI=1S/C38H60N4/c1-34(2,3)31-22-28(21-27-15-14-19-39-26-27)30(41(31)35(4,5)6)17-18-37(10,11)32-24-38(23-29-16-12-13-20-40-29)25-33(38)42(32)36(7,8)9/h12-16,19-20,26,28,30-33H,17-18,21-25H2,1-11H3/t28-,30?,31-,32-,33?,38-/m0/s1. The van der Waals surface area contributed by atoms with Crippen molar-refractivity contribution in [1.82, 2.24) is 19.8 Å². The van der Waals surface area contributed by atoms with Crippen molar-refractivity contribution < 1.29 is 0 Å². The van der Waals surface area contributed by atoms with E-state index in [1.165, 1.54) is 43.4 Å². The number of hydrogen-bond donors (Lipinski definition) is 0. The van der Waals surface area contributed by atoms with E-state index in [9.17, 15) is 0 Å². The van der Waals surface area contributed by atoms with Gasteiger partial charge in [0.25, 0.3) is 0 Å². The first kappa shape index (κ1) is 31.6. The van der Waals surface area contributed by atoms with Gasteiger partial charge in [-0.1, -0.05) is 46.8 Å². The number of pyridine rings is 2. The highest BCUT2D eigenvalue weighted by molar-refractivity contribution is 5.25. The molecule has 0 aromatic carbocycles. The van der Waals surface area contributed by atoms with Crippen LogP contribution in [0.1, 0.15) is 120 Å². The van der Waals surface area contributed by atoms with E-state index in [2.05, 4.69) is 121 Å². The summed E-state index contributed by atoms with van der Waals surface area (Å²) < 4.78 is 0. The van der Waals surface area contributed by atoms with Crippen LogP contribution >= 0.6 is 0 Å². The van der Waals surface area contributed by atoms with Crippen molar-refractivity contribution in [3.05, 3.63) is 60.2 Å². The molecule has 4 heterocycles. The zero-order chi connectivity index (χ0) is 30.7. The summed E-state index contributed by atoms with van der Waals surface area (Å²) >= 11 is 0. The molecule has 2 saturated heterocycles. The van der Waals surface area contributed by atoms with Crippen molar-refractivity contribution in [2.24, 2.45) is 22.2 Å². The molecule has 2 unspecified atom stereocenters. The second kappa shape index (κ2) is 11.0. The predicted octanol–water partition coefficient (Wildman–Crippen LogP) is 8.60. The second-order valence-electron chi connectivity index (χ2n) is 18.0. The van der Waals surface area contributed by atoms with Gasteiger partial charge >= 0.3 is 0 Å². The minimum Gasteiger partial charge on any atom is -0.292 e. The maximum absolute atomic E-state index is 4.75. The Balaban J connectivity index is 1.40. The van der Waals surface area contributed by atoms with Crippen molar-refractivity contribution >= 4 is 0 Å². The molecule has 232 valence electrons. The molecule has 2 aromatic heterocycles. The fourth-order valence-corrected chi connectivity index (χ4v) is 9.21. The van der Waals surface area contributed by atoms with Crippen molar-refractivity contribution in [2.75, 3.05) is 0 Å². The molecule has 2 aromatic rings. The molecule has 0 radical (unpaired) electrons. The van der Waals surface area contributed by atoms with Crippen LogP contribution in [0.15, 0.2) is 48.9 Å². The Morgan fingerprint density at radius 3 is 2.10 bits per heavy atom. The Morgan fingerprint density at radius 1 is 0.810 bits per heavy atom. The summed E-state index contributed by atoms with van der Waals surface area (Å²) in [7, 11) is 0. The average Bonchev–Trinajstić information content (AvgIpc) is 3.24. The van der Waals surface area contributed by atoms with Gasteiger partial charge in [0.05, 0.1) is 0 Å². The van der Waals surface area contributed by atoms with E-state index in [0.29, 0.717) is 35.5 Å². The molecule has 0 bridgehead atoms. The van der Waals surface area contributed by atoms with Crippen LogP contribution in [0, 0.1) is 22.2 Å². The zero-order valence-corrected chi connectivity index (χ0v) is 28.7. The number of piperidine rings is 1. The summed E-state index contributed by atoms with van der Waals surface area (Å²) in [5.41, 5.74) is 3.84. The number of nitrogens with zero attached hydrogens (tertiary/aromatic N) is 4. The van der Waals surface area contributed by atoms with E-state index >= 15 is 0 Å². The summed E-state index contributed by atoms with van der Waals surface area (Å²) in [5, 5.41) is 0. The molecule has 0 amide bonds. The first-order valence-corrected chi connectivity index (χ1v) is 16.8. The third-order valence-corrected chi connectivity index (χ3v) is 11.2. The molecule has 4 heteroatoms. The highest BCUT2D eigenvalue weighted by Crippen LogP contribution is 2.65. The molecular formula is C38H60N4. The first-order valence-electron chi connectivity index (χ1n) is 16.8. The zero-order valence-electron chi connectivity index (χ0n) is 28.7. The predicted molar refractivity (Wildman–Crippen MR) is 176 cm³/mol. The van der Waals surface area contributed by atoms with Gasteiger partial charge in [0.2, 0.25) is 0 Å². The Kier molecular flexibility index (Phi) is 8.27. The highest BCUT2D eigenvalue weighted by atomic mass is 15.3. The van der Waals surface area contributed by atoms with E-state index in [-0.39, 0.29) is 21.9 Å². The van der Waals surface area contributed by atoms with Gasteiger partial charge in [0, 0.05) is 59.5 Å². The van der Waals surface area contributed by atoms with Crippen LogP contribution in [-0.2, 0) is 12.8 Å². The van der Waals surface area contributed by atoms with Crippen LogP contribution in [0.2, 0.25) is 0 Å². The average molecular weight is 573 g/mol. The maximum atomic E-state index is 4.75. The van der Waals surface area contributed by atoms with Gasteiger partial charge in [-0.3, -0.25) is 19.8 Å². The van der Waals surface area contributed by atoms with E-state index < -0.39 is 0 Å². The van der Waals surface area contributed by atoms with Gasteiger partial charge in [0.15, 0.2) is 0 Å². The van der Waals surface area contributed by atoms with Gasteiger partial charge < -0.3 is 0 Å². The fraction of sp³-hybridized carbons (Fsp3) is 0.737. The SMILES string of the molecule is CC(C)(C)[C@@H]1C[C@H](Cc2cccnc2)C(CCC(C)(C)[C@@H]2C[C@@]3(Cc4ccccn4)CC3N2C(C)(C)C)N1C(C)(C)C. The normalized spacial score (nSPS) is 31.0. The van der Waals surface area contributed by atoms with Crippen LogP contribution in [-0.4, -0.2) is 55.0 Å². The number of fused-ring (bicyclic) bond motifs is 1. The number of rotatable bonds is 8. The Morgan fingerprint density at radius 2 is 1.52 bits per heavy atom. The van der Waals surface area contributed by atoms with Crippen molar-refractivity contribution in [1.29, 1.82) is 0 Å². The molecule has 42 heavy (non-hydrogen) atoms. The summed E-state index contributed by atoms with van der Waals surface area (Å²) in [6.07, 6.45) is 14.6. The smallest absolute Gasteiger partial charge is 0.0409 e. The molecule has 0 N–H and O–H groups in total. The molecular weight excluding hydrogens is 512 g/mol. The lowest BCUT2D eigenvalue weighted by Gasteiger charge is -2.49. The fourth-order valence-electron chi connectivity index (χ4n) is 9.21. The molecule has 3 fully saturated rings. The number of hydrogen-bond acceptors (Lipinski definition) is 4. The Bertz CT molecular complexity index is 1190. The lowest BCUT2D eigenvalue weighted by Crippen LogP contribution is -2.55. The Hall–Kier alpha value is -1.78.